The number of hydrogen-bond acceptors (Lipinski definition) is 2. The van der Waals surface area contributed by atoms with Crippen LogP contribution in [0.2, 0.25) is 0 Å². The Kier molecular flexibility index (Phi) is 5.83. The third kappa shape index (κ3) is 4.60. The molecule has 0 radical (unpaired) electrons. The first-order chi connectivity index (χ1) is 9.08. The Balaban J connectivity index is 2.67. The molecule has 0 unspecified atom stereocenters. The molecule has 0 atom stereocenters. The number of terminal acetylenes is 1. The fourth-order valence-corrected chi connectivity index (χ4v) is 1.82. The Bertz CT molecular complexity index is 517. The van der Waals surface area contributed by atoms with Gasteiger partial charge in [0, 0.05) is 5.69 Å². The lowest BCUT2D eigenvalue weighted by atomic mass is 10.1. The summed E-state index contributed by atoms with van der Waals surface area (Å²) in [5, 5.41) is 16.8. The first kappa shape index (κ1) is 15.0. The van der Waals surface area contributed by atoms with Crippen LogP contribution in [0.15, 0.2) is 18.2 Å². The Morgan fingerprint density at radius 2 is 2.21 bits per heavy atom. The molecule has 0 aromatic heterocycles. The molecule has 1 rings (SSSR count). The summed E-state index contributed by atoms with van der Waals surface area (Å²) < 4.78 is 0. The van der Waals surface area contributed by atoms with E-state index in [1.165, 1.54) is 0 Å². The number of aryl methyl sites for hydroxylation is 2. The number of nitrogens with one attached hydrogen (secondary N) is 4. The highest BCUT2D eigenvalue weighted by Crippen LogP contribution is 2.20. The predicted molar refractivity (Wildman–Crippen MR) is 84.5 cm³/mol. The molecule has 0 spiro atoms. The zero-order valence-corrected chi connectivity index (χ0v) is 11.9. The summed E-state index contributed by atoms with van der Waals surface area (Å²) in [4.78, 5) is 0. The van der Waals surface area contributed by atoms with Crippen molar-refractivity contribution in [1.82, 2.24) is 10.6 Å². The van der Waals surface area contributed by atoms with Gasteiger partial charge in [-0.2, -0.15) is 0 Å². The number of guanidine groups is 1. The van der Waals surface area contributed by atoms with Gasteiger partial charge in [-0.1, -0.05) is 31.0 Å². The Morgan fingerprint density at radius 1 is 1.47 bits per heavy atom. The second-order valence-electron chi connectivity index (χ2n) is 3.97. The Hall–Kier alpha value is -2.06. The third-order valence-electron chi connectivity index (χ3n) is 2.58. The molecule has 1 aromatic carbocycles. The lowest BCUT2D eigenvalue weighted by molar-refractivity contribution is 1.04. The quantitative estimate of drug-likeness (QED) is 0.295. The molecule has 0 bridgehead atoms. The van der Waals surface area contributed by atoms with Gasteiger partial charge in [-0.15, -0.1) is 6.42 Å². The van der Waals surface area contributed by atoms with Crippen molar-refractivity contribution in [2.24, 2.45) is 0 Å². The highest BCUT2D eigenvalue weighted by Gasteiger charge is 2.06. The molecule has 0 aliphatic carbocycles. The molecule has 0 fully saturated rings. The van der Waals surface area contributed by atoms with Gasteiger partial charge >= 0.3 is 0 Å². The van der Waals surface area contributed by atoms with Gasteiger partial charge in [0.15, 0.2) is 11.1 Å². The summed E-state index contributed by atoms with van der Waals surface area (Å²) >= 11 is 5.01. The van der Waals surface area contributed by atoms with Gasteiger partial charge in [-0.05, 0) is 36.7 Å². The standard InChI is InChI=1S/C14H18N4S/c1-4-9-16-14(19)18-13(15)17-12-10(3)7-6-8-11(12)5-2/h1,6-8H,5,9H2,2-3H3,(H4,15,16,17,18,19). The van der Waals surface area contributed by atoms with Crippen molar-refractivity contribution in [2.45, 2.75) is 20.3 Å². The normalized spacial score (nSPS) is 9.32. The second kappa shape index (κ2) is 7.39. The second-order valence-corrected chi connectivity index (χ2v) is 4.38. The van der Waals surface area contributed by atoms with Crippen LogP contribution in [0.1, 0.15) is 18.1 Å². The van der Waals surface area contributed by atoms with E-state index < -0.39 is 0 Å². The van der Waals surface area contributed by atoms with E-state index in [0.717, 1.165) is 23.2 Å². The SMILES string of the molecule is C#CCNC(=S)NC(=N)Nc1c(C)cccc1CC. The minimum Gasteiger partial charge on any atom is -0.351 e. The smallest absolute Gasteiger partial charge is 0.199 e. The van der Waals surface area contributed by atoms with E-state index >= 15 is 0 Å². The maximum atomic E-state index is 7.86. The van der Waals surface area contributed by atoms with Crippen molar-refractivity contribution >= 4 is 29.0 Å². The van der Waals surface area contributed by atoms with Crippen molar-refractivity contribution in [3.63, 3.8) is 0 Å². The first-order valence-electron chi connectivity index (χ1n) is 6.00. The molecular weight excluding hydrogens is 256 g/mol. The highest BCUT2D eigenvalue weighted by atomic mass is 32.1. The first-order valence-corrected chi connectivity index (χ1v) is 6.41. The topological polar surface area (TPSA) is 59.9 Å². The molecule has 0 amide bonds. The summed E-state index contributed by atoms with van der Waals surface area (Å²) in [6.45, 7) is 4.42. The van der Waals surface area contributed by atoms with Crippen LogP contribution in [0.5, 0.6) is 0 Å². The Morgan fingerprint density at radius 3 is 2.84 bits per heavy atom. The minimum absolute atomic E-state index is 0.124. The molecule has 0 aliphatic rings. The fraction of sp³-hybridized carbons (Fsp3) is 0.286. The van der Waals surface area contributed by atoms with Crippen LogP contribution in [-0.2, 0) is 6.42 Å². The van der Waals surface area contributed by atoms with Crippen molar-refractivity contribution < 1.29 is 0 Å². The number of anilines is 1. The molecule has 4 nitrogen and oxygen atoms in total. The number of para-hydroxylation sites is 1. The van der Waals surface area contributed by atoms with Gasteiger partial charge in [0.2, 0.25) is 0 Å². The van der Waals surface area contributed by atoms with Crippen LogP contribution in [-0.4, -0.2) is 17.6 Å². The summed E-state index contributed by atoms with van der Waals surface area (Å²) in [6.07, 6.45) is 6.02. The van der Waals surface area contributed by atoms with E-state index in [1.54, 1.807) is 0 Å². The lowest BCUT2D eigenvalue weighted by Crippen LogP contribution is -2.42. The van der Waals surface area contributed by atoms with Crippen molar-refractivity contribution in [2.75, 3.05) is 11.9 Å². The number of hydrogen-bond donors (Lipinski definition) is 4. The Labute approximate surface area is 119 Å². The fourth-order valence-electron chi connectivity index (χ4n) is 1.65. The van der Waals surface area contributed by atoms with E-state index in [0.29, 0.717) is 11.7 Å². The van der Waals surface area contributed by atoms with E-state index in [9.17, 15) is 0 Å². The van der Waals surface area contributed by atoms with E-state index in [2.05, 4.69) is 28.8 Å². The van der Waals surface area contributed by atoms with E-state index in [4.69, 9.17) is 24.1 Å². The monoisotopic (exact) mass is 274 g/mol. The minimum atomic E-state index is 0.124. The number of benzene rings is 1. The summed E-state index contributed by atoms with van der Waals surface area (Å²) in [5.41, 5.74) is 3.20. The zero-order valence-electron chi connectivity index (χ0n) is 11.1. The molecule has 0 saturated carbocycles. The van der Waals surface area contributed by atoms with Crippen molar-refractivity contribution in [1.29, 1.82) is 5.41 Å². The summed E-state index contributed by atoms with van der Waals surface area (Å²) in [5.74, 6) is 2.54. The van der Waals surface area contributed by atoms with Crippen molar-refractivity contribution in [3.8, 4) is 12.3 Å². The molecule has 100 valence electrons. The molecule has 0 heterocycles. The maximum absolute atomic E-state index is 7.86. The maximum Gasteiger partial charge on any atom is 0.199 e. The van der Waals surface area contributed by atoms with Gasteiger partial charge in [0.05, 0.1) is 6.54 Å². The van der Waals surface area contributed by atoms with Crippen LogP contribution in [0.3, 0.4) is 0 Å². The molecular formula is C14H18N4S. The molecule has 0 aliphatic heterocycles. The summed E-state index contributed by atoms with van der Waals surface area (Å²) in [6, 6.07) is 6.05. The van der Waals surface area contributed by atoms with E-state index in [-0.39, 0.29) is 5.96 Å². The molecule has 4 N–H and O–H groups in total. The van der Waals surface area contributed by atoms with Gasteiger partial charge in [0.1, 0.15) is 0 Å². The van der Waals surface area contributed by atoms with Gasteiger partial charge in [-0.3, -0.25) is 5.41 Å². The van der Waals surface area contributed by atoms with Crippen LogP contribution < -0.4 is 16.0 Å². The largest absolute Gasteiger partial charge is 0.351 e. The molecule has 1 aromatic rings. The van der Waals surface area contributed by atoms with Gasteiger partial charge < -0.3 is 16.0 Å². The van der Waals surface area contributed by atoms with Crippen molar-refractivity contribution in [3.05, 3.63) is 29.3 Å². The lowest BCUT2D eigenvalue weighted by Gasteiger charge is -2.16. The highest BCUT2D eigenvalue weighted by molar-refractivity contribution is 7.80. The van der Waals surface area contributed by atoms with Gasteiger partial charge in [0.25, 0.3) is 0 Å². The molecule has 0 saturated heterocycles. The van der Waals surface area contributed by atoms with Crippen LogP contribution in [0.25, 0.3) is 0 Å². The van der Waals surface area contributed by atoms with Gasteiger partial charge in [-0.25, -0.2) is 0 Å². The number of rotatable bonds is 3. The van der Waals surface area contributed by atoms with Crippen LogP contribution in [0, 0.1) is 24.7 Å². The average molecular weight is 274 g/mol. The molecule has 5 heteroatoms. The average Bonchev–Trinajstić information content (AvgIpc) is 2.38. The van der Waals surface area contributed by atoms with Crippen LogP contribution in [0.4, 0.5) is 5.69 Å². The van der Waals surface area contributed by atoms with E-state index in [1.807, 2.05) is 25.1 Å². The summed E-state index contributed by atoms with van der Waals surface area (Å²) in [7, 11) is 0. The predicted octanol–water partition coefficient (Wildman–Crippen LogP) is 2.00. The van der Waals surface area contributed by atoms with Crippen LogP contribution >= 0.6 is 12.2 Å². The third-order valence-corrected chi connectivity index (χ3v) is 2.83. The molecule has 19 heavy (non-hydrogen) atoms. The zero-order chi connectivity index (χ0) is 14.3. The number of thiocarbonyl (C=S) groups is 1.